The summed E-state index contributed by atoms with van der Waals surface area (Å²) in [5.74, 6) is 0.524. The van der Waals surface area contributed by atoms with E-state index in [1.807, 2.05) is 43.3 Å². The number of hydrazine groups is 1. The van der Waals surface area contributed by atoms with E-state index in [1.165, 1.54) is 5.56 Å². The molecule has 2 amide bonds. The molecule has 1 heterocycles. The average molecular weight is 408 g/mol. The summed E-state index contributed by atoms with van der Waals surface area (Å²) in [5, 5.41) is 7.95. The number of amides is 2. The van der Waals surface area contributed by atoms with E-state index in [1.54, 1.807) is 12.1 Å². The predicted molar refractivity (Wildman–Crippen MR) is 110 cm³/mol. The van der Waals surface area contributed by atoms with Gasteiger partial charge in [0.2, 0.25) is 17.7 Å². The van der Waals surface area contributed by atoms with E-state index >= 15 is 0 Å². The third-order valence-corrected chi connectivity index (χ3v) is 4.37. The Morgan fingerprint density at radius 3 is 2.37 bits per heavy atom. The Morgan fingerprint density at radius 1 is 0.967 bits per heavy atom. The molecular formula is C22H24N4O4. The first-order valence-corrected chi connectivity index (χ1v) is 9.72. The van der Waals surface area contributed by atoms with Gasteiger partial charge in [-0.15, -0.1) is 10.2 Å². The van der Waals surface area contributed by atoms with Gasteiger partial charge in [0, 0.05) is 18.4 Å². The first-order chi connectivity index (χ1) is 14.5. The second-order valence-electron chi connectivity index (χ2n) is 6.75. The fraction of sp³-hybridized carbons (Fsp3) is 0.273. The van der Waals surface area contributed by atoms with Crippen LogP contribution in [0.2, 0.25) is 0 Å². The molecule has 0 aliphatic rings. The zero-order valence-electron chi connectivity index (χ0n) is 17.0. The van der Waals surface area contributed by atoms with E-state index in [-0.39, 0.29) is 25.4 Å². The Bertz CT molecular complexity index is 981. The molecule has 3 aromatic rings. The quantitative estimate of drug-likeness (QED) is 0.555. The van der Waals surface area contributed by atoms with Gasteiger partial charge in [-0.25, -0.2) is 0 Å². The molecule has 0 atom stereocenters. The maximum atomic E-state index is 11.9. The van der Waals surface area contributed by atoms with Gasteiger partial charge >= 0.3 is 0 Å². The van der Waals surface area contributed by atoms with Crippen molar-refractivity contribution in [3.8, 4) is 17.2 Å². The lowest BCUT2D eigenvalue weighted by Gasteiger charge is -2.08. The number of nitrogens with zero attached hydrogens (tertiary/aromatic N) is 2. The lowest BCUT2D eigenvalue weighted by Crippen LogP contribution is -2.43. The highest BCUT2D eigenvalue weighted by molar-refractivity contribution is 5.82. The smallest absolute Gasteiger partial charge is 0.276 e. The number of carbonyl (C=O) groups is 2. The Labute approximate surface area is 174 Å². The number of hydrogen-bond donors (Lipinski definition) is 2. The number of benzene rings is 2. The summed E-state index contributed by atoms with van der Waals surface area (Å²) in [6, 6.07) is 15.2. The Morgan fingerprint density at radius 2 is 1.67 bits per heavy atom. The van der Waals surface area contributed by atoms with Gasteiger partial charge in [-0.1, -0.05) is 36.8 Å². The van der Waals surface area contributed by atoms with Crippen LogP contribution < -0.4 is 15.6 Å². The van der Waals surface area contributed by atoms with Gasteiger partial charge in [0.15, 0.2) is 6.61 Å². The van der Waals surface area contributed by atoms with Crippen LogP contribution in [0.3, 0.4) is 0 Å². The molecule has 0 aliphatic carbocycles. The first-order valence-electron chi connectivity index (χ1n) is 9.72. The Hall–Kier alpha value is -3.68. The lowest BCUT2D eigenvalue weighted by atomic mass is 10.1. The highest BCUT2D eigenvalue weighted by Gasteiger charge is 2.11. The number of rotatable bonds is 8. The van der Waals surface area contributed by atoms with Crippen molar-refractivity contribution in [2.24, 2.45) is 0 Å². The Kier molecular flexibility index (Phi) is 7.15. The van der Waals surface area contributed by atoms with E-state index in [2.05, 4.69) is 28.0 Å². The molecule has 156 valence electrons. The van der Waals surface area contributed by atoms with Crippen LogP contribution in [-0.4, -0.2) is 28.6 Å². The summed E-state index contributed by atoms with van der Waals surface area (Å²) >= 11 is 0. The summed E-state index contributed by atoms with van der Waals surface area (Å²) in [6.07, 6.45) is 1.29. The molecule has 0 fully saturated rings. The van der Waals surface area contributed by atoms with Gasteiger partial charge in [-0.05, 0) is 43.2 Å². The number of aromatic nitrogens is 2. The van der Waals surface area contributed by atoms with Gasteiger partial charge in [0.1, 0.15) is 5.75 Å². The summed E-state index contributed by atoms with van der Waals surface area (Å²) in [4.78, 5) is 23.7. The van der Waals surface area contributed by atoms with Crippen molar-refractivity contribution in [2.45, 2.75) is 33.1 Å². The van der Waals surface area contributed by atoms with E-state index in [4.69, 9.17) is 9.15 Å². The molecule has 30 heavy (non-hydrogen) atoms. The Balaban J connectivity index is 1.37. The third kappa shape index (κ3) is 6.16. The fourth-order valence-corrected chi connectivity index (χ4v) is 2.60. The molecule has 0 unspecified atom stereocenters. The van der Waals surface area contributed by atoms with E-state index in [0.29, 0.717) is 17.5 Å². The topological polar surface area (TPSA) is 106 Å². The third-order valence-electron chi connectivity index (χ3n) is 4.37. The highest BCUT2D eigenvalue weighted by Crippen LogP contribution is 2.18. The largest absolute Gasteiger partial charge is 0.484 e. The van der Waals surface area contributed by atoms with Crippen molar-refractivity contribution in [1.82, 2.24) is 21.0 Å². The molecule has 2 aromatic carbocycles. The second-order valence-corrected chi connectivity index (χ2v) is 6.75. The fourth-order valence-electron chi connectivity index (χ4n) is 2.60. The molecule has 0 bridgehead atoms. The van der Waals surface area contributed by atoms with Crippen molar-refractivity contribution in [3.05, 3.63) is 65.5 Å². The minimum absolute atomic E-state index is 0.0924. The monoisotopic (exact) mass is 408 g/mol. The van der Waals surface area contributed by atoms with Crippen molar-refractivity contribution >= 4 is 11.8 Å². The maximum Gasteiger partial charge on any atom is 0.276 e. The van der Waals surface area contributed by atoms with Crippen molar-refractivity contribution in [1.29, 1.82) is 0 Å². The van der Waals surface area contributed by atoms with Crippen LogP contribution >= 0.6 is 0 Å². The zero-order valence-corrected chi connectivity index (χ0v) is 17.0. The zero-order chi connectivity index (χ0) is 21.3. The molecule has 8 heteroatoms. The molecule has 1 aromatic heterocycles. The van der Waals surface area contributed by atoms with Crippen LogP contribution in [-0.2, 0) is 22.4 Å². The molecule has 0 saturated carbocycles. The van der Waals surface area contributed by atoms with Gasteiger partial charge in [0.25, 0.3) is 5.91 Å². The van der Waals surface area contributed by atoms with Crippen LogP contribution in [0.15, 0.2) is 52.9 Å². The summed E-state index contributed by atoms with van der Waals surface area (Å²) in [5.41, 5.74) is 7.80. The van der Waals surface area contributed by atoms with Crippen LogP contribution in [0, 0.1) is 6.92 Å². The summed E-state index contributed by atoms with van der Waals surface area (Å²) in [7, 11) is 0. The number of aryl methyl sites for hydroxylation is 3. The highest BCUT2D eigenvalue weighted by atomic mass is 16.5. The molecule has 0 radical (unpaired) electrons. The summed E-state index contributed by atoms with van der Waals surface area (Å²) in [6.45, 7) is 3.86. The molecule has 3 rings (SSSR count). The normalized spacial score (nSPS) is 10.5. The molecular weight excluding hydrogens is 384 g/mol. The first kappa shape index (κ1) is 21.0. The van der Waals surface area contributed by atoms with Crippen molar-refractivity contribution in [2.75, 3.05) is 6.61 Å². The van der Waals surface area contributed by atoms with Crippen molar-refractivity contribution < 1.29 is 18.7 Å². The van der Waals surface area contributed by atoms with Crippen LogP contribution in [0.4, 0.5) is 0 Å². The minimum Gasteiger partial charge on any atom is -0.484 e. The lowest BCUT2D eigenvalue weighted by molar-refractivity contribution is -0.130. The van der Waals surface area contributed by atoms with Gasteiger partial charge in [-0.3, -0.25) is 20.4 Å². The molecule has 0 aliphatic heterocycles. The number of ether oxygens (including phenoxy) is 1. The van der Waals surface area contributed by atoms with E-state index < -0.39 is 5.91 Å². The average Bonchev–Trinajstić information content (AvgIpc) is 3.24. The standard InChI is InChI=1S/C22H24N4O4/c1-3-16-6-10-18(11-7-16)29-14-20(28)24-23-19(27)12-13-21-25-26-22(30-21)17-8-4-15(2)5-9-17/h4-11H,3,12-14H2,1-2H3,(H,23,27)(H,24,28). The van der Waals surface area contributed by atoms with Gasteiger partial charge in [-0.2, -0.15) is 0 Å². The number of nitrogens with one attached hydrogen (secondary N) is 2. The van der Waals surface area contributed by atoms with Gasteiger partial charge < -0.3 is 9.15 Å². The van der Waals surface area contributed by atoms with Crippen LogP contribution in [0.5, 0.6) is 5.75 Å². The van der Waals surface area contributed by atoms with E-state index in [0.717, 1.165) is 17.5 Å². The molecule has 8 nitrogen and oxygen atoms in total. The summed E-state index contributed by atoms with van der Waals surface area (Å²) < 4.78 is 11.0. The maximum absolute atomic E-state index is 11.9. The SMILES string of the molecule is CCc1ccc(OCC(=O)NNC(=O)CCc2nnc(-c3ccc(C)cc3)o2)cc1. The number of carbonyl (C=O) groups excluding carboxylic acids is 2. The van der Waals surface area contributed by atoms with E-state index in [9.17, 15) is 9.59 Å². The van der Waals surface area contributed by atoms with Crippen LogP contribution in [0.25, 0.3) is 11.5 Å². The van der Waals surface area contributed by atoms with Crippen molar-refractivity contribution in [3.63, 3.8) is 0 Å². The predicted octanol–water partition coefficient (Wildman–Crippen LogP) is 2.77. The van der Waals surface area contributed by atoms with Crippen LogP contribution in [0.1, 0.15) is 30.4 Å². The number of hydrogen-bond acceptors (Lipinski definition) is 6. The molecule has 2 N–H and O–H groups in total. The van der Waals surface area contributed by atoms with Gasteiger partial charge in [0.05, 0.1) is 0 Å². The molecule has 0 spiro atoms. The second kappa shape index (κ2) is 10.2. The minimum atomic E-state index is -0.456. The molecule has 0 saturated heterocycles.